The fourth-order valence-electron chi connectivity index (χ4n) is 1.42. The molecule has 1 rings (SSSR count). The molecule has 6 heteroatoms. The number of nitrogen functional groups attached to an aromatic ring is 1. The van der Waals surface area contributed by atoms with Crippen molar-refractivity contribution in [1.29, 1.82) is 5.26 Å². The first-order chi connectivity index (χ1) is 9.28. The third-order valence-electron chi connectivity index (χ3n) is 3.12. The highest BCUT2D eigenvalue weighted by Gasteiger charge is 2.29. The molecule has 0 saturated heterocycles. The van der Waals surface area contributed by atoms with E-state index in [0.29, 0.717) is 5.69 Å². The molecule has 0 aliphatic carbocycles. The van der Waals surface area contributed by atoms with Gasteiger partial charge in [0.15, 0.2) is 0 Å². The summed E-state index contributed by atoms with van der Waals surface area (Å²) in [5.74, 6) is 0.102. The number of halogens is 1. The van der Waals surface area contributed by atoms with Crippen molar-refractivity contribution in [2.45, 2.75) is 31.2 Å². The van der Waals surface area contributed by atoms with Gasteiger partial charge in [-0.05, 0) is 31.0 Å². The molecule has 3 N–H and O–H groups in total. The highest BCUT2D eigenvalue weighted by atomic mass is 79.9. The fourth-order valence-corrected chi connectivity index (χ4v) is 2.55. The third kappa shape index (κ3) is 4.43. The summed E-state index contributed by atoms with van der Waals surface area (Å²) in [6.07, 6.45) is 0. The number of thioether (sulfide) groups is 1. The SMILES string of the molecule is CC(C)C(C)(C#N)NC(=O)CSc1ccc(Br)cc1N. The van der Waals surface area contributed by atoms with Gasteiger partial charge in [-0.25, -0.2) is 0 Å². The molecule has 0 fully saturated rings. The van der Waals surface area contributed by atoms with Crippen LogP contribution in [0.2, 0.25) is 0 Å². The van der Waals surface area contributed by atoms with Crippen LogP contribution in [-0.4, -0.2) is 17.2 Å². The molecule has 1 aromatic rings. The van der Waals surface area contributed by atoms with Gasteiger partial charge in [0.05, 0.1) is 11.8 Å². The summed E-state index contributed by atoms with van der Waals surface area (Å²) < 4.78 is 0.903. The molecule has 0 aliphatic heterocycles. The first kappa shape index (κ1) is 16.9. The number of nitrogens with zero attached hydrogens (tertiary/aromatic N) is 1. The maximum absolute atomic E-state index is 11.9. The number of anilines is 1. The minimum absolute atomic E-state index is 0.0409. The van der Waals surface area contributed by atoms with E-state index in [1.54, 1.807) is 13.0 Å². The number of rotatable bonds is 5. The second kappa shape index (κ2) is 7.00. The van der Waals surface area contributed by atoms with E-state index >= 15 is 0 Å². The number of nitrogens with two attached hydrogens (primary N) is 1. The van der Waals surface area contributed by atoms with Gasteiger partial charge in [-0.2, -0.15) is 5.26 Å². The van der Waals surface area contributed by atoms with E-state index in [-0.39, 0.29) is 17.6 Å². The van der Waals surface area contributed by atoms with Crippen molar-refractivity contribution in [2.75, 3.05) is 11.5 Å². The van der Waals surface area contributed by atoms with E-state index < -0.39 is 5.54 Å². The molecular weight excluding hydrogens is 338 g/mol. The van der Waals surface area contributed by atoms with Gasteiger partial charge in [0.1, 0.15) is 5.54 Å². The van der Waals surface area contributed by atoms with Gasteiger partial charge in [0.25, 0.3) is 0 Å². The topological polar surface area (TPSA) is 78.9 Å². The van der Waals surface area contributed by atoms with Crippen LogP contribution in [0, 0.1) is 17.2 Å². The summed E-state index contributed by atoms with van der Waals surface area (Å²) in [5.41, 5.74) is 5.66. The van der Waals surface area contributed by atoms with Gasteiger partial charge in [-0.3, -0.25) is 4.79 Å². The highest BCUT2D eigenvalue weighted by Crippen LogP contribution is 2.27. The number of carbonyl (C=O) groups excluding carboxylic acids is 1. The van der Waals surface area contributed by atoms with E-state index in [1.165, 1.54) is 11.8 Å². The van der Waals surface area contributed by atoms with Crippen molar-refractivity contribution in [2.24, 2.45) is 5.92 Å². The third-order valence-corrected chi connectivity index (χ3v) is 4.70. The van der Waals surface area contributed by atoms with Crippen LogP contribution in [0.3, 0.4) is 0 Å². The molecule has 0 bridgehead atoms. The van der Waals surface area contributed by atoms with Gasteiger partial charge < -0.3 is 11.1 Å². The van der Waals surface area contributed by atoms with Crippen LogP contribution in [0.15, 0.2) is 27.6 Å². The Balaban J connectivity index is 2.62. The smallest absolute Gasteiger partial charge is 0.231 e. The Morgan fingerprint density at radius 1 is 1.60 bits per heavy atom. The van der Waals surface area contributed by atoms with Crippen molar-refractivity contribution in [3.05, 3.63) is 22.7 Å². The molecule has 108 valence electrons. The number of nitrogens with one attached hydrogen (secondary N) is 1. The molecule has 4 nitrogen and oxygen atoms in total. The minimum atomic E-state index is -0.844. The van der Waals surface area contributed by atoms with Crippen LogP contribution < -0.4 is 11.1 Å². The second-order valence-electron chi connectivity index (χ2n) is 4.99. The van der Waals surface area contributed by atoms with E-state index in [0.717, 1.165) is 9.37 Å². The lowest BCUT2D eigenvalue weighted by atomic mass is 9.90. The molecule has 0 saturated carbocycles. The number of hydrogen-bond acceptors (Lipinski definition) is 4. The molecule has 0 spiro atoms. The Bertz CT molecular complexity index is 542. The lowest BCUT2D eigenvalue weighted by Crippen LogP contribution is -2.49. The Kier molecular flexibility index (Phi) is 5.90. The fraction of sp³-hybridized carbons (Fsp3) is 0.429. The molecule has 0 aromatic heterocycles. The zero-order valence-corrected chi connectivity index (χ0v) is 14.1. The molecule has 0 heterocycles. The molecule has 1 unspecified atom stereocenters. The summed E-state index contributed by atoms with van der Waals surface area (Å²) >= 11 is 4.70. The summed E-state index contributed by atoms with van der Waals surface area (Å²) in [6.45, 7) is 5.54. The summed E-state index contributed by atoms with van der Waals surface area (Å²) in [6, 6.07) is 7.70. The van der Waals surface area contributed by atoms with Crippen LogP contribution in [0.5, 0.6) is 0 Å². The minimum Gasteiger partial charge on any atom is -0.398 e. The lowest BCUT2D eigenvalue weighted by Gasteiger charge is -2.27. The zero-order chi connectivity index (χ0) is 15.3. The maximum Gasteiger partial charge on any atom is 0.231 e. The maximum atomic E-state index is 11.9. The number of carbonyl (C=O) groups is 1. The van der Waals surface area contributed by atoms with Gasteiger partial charge in [0, 0.05) is 15.1 Å². The average Bonchev–Trinajstić information content (AvgIpc) is 2.37. The zero-order valence-electron chi connectivity index (χ0n) is 11.7. The van der Waals surface area contributed by atoms with Crippen molar-refractivity contribution in [3.8, 4) is 6.07 Å². The predicted molar refractivity (Wildman–Crippen MR) is 86.3 cm³/mol. The molecule has 1 amide bonds. The Morgan fingerprint density at radius 3 is 2.75 bits per heavy atom. The van der Waals surface area contributed by atoms with E-state index in [2.05, 4.69) is 27.3 Å². The summed E-state index contributed by atoms with van der Waals surface area (Å²) in [5, 5.41) is 11.9. The standard InChI is InChI=1S/C14H18BrN3OS/c1-9(2)14(3,8-16)18-13(19)7-20-12-5-4-10(15)6-11(12)17/h4-6,9H,7,17H2,1-3H3,(H,18,19). The first-order valence-corrected chi connectivity index (χ1v) is 7.96. The number of nitriles is 1. The van der Waals surface area contributed by atoms with Crippen LogP contribution >= 0.6 is 27.7 Å². The molecule has 0 aliphatic rings. The Morgan fingerprint density at radius 2 is 2.25 bits per heavy atom. The number of benzene rings is 1. The average molecular weight is 356 g/mol. The number of hydrogen-bond donors (Lipinski definition) is 2. The van der Waals surface area contributed by atoms with Gasteiger partial charge in [0.2, 0.25) is 5.91 Å². The van der Waals surface area contributed by atoms with Crippen molar-refractivity contribution >= 4 is 39.3 Å². The lowest BCUT2D eigenvalue weighted by molar-refractivity contribution is -0.120. The van der Waals surface area contributed by atoms with Gasteiger partial charge in [-0.15, -0.1) is 11.8 Å². The van der Waals surface area contributed by atoms with Gasteiger partial charge >= 0.3 is 0 Å². The van der Waals surface area contributed by atoms with Crippen molar-refractivity contribution < 1.29 is 4.79 Å². The van der Waals surface area contributed by atoms with Crippen molar-refractivity contribution in [3.63, 3.8) is 0 Å². The highest BCUT2D eigenvalue weighted by molar-refractivity contribution is 9.10. The van der Waals surface area contributed by atoms with Crippen LogP contribution in [0.4, 0.5) is 5.69 Å². The van der Waals surface area contributed by atoms with E-state index in [9.17, 15) is 4.79 Å². The normalized spacial score (nSPS) is 13.6. The van der Waals surface area contributed by atoms with E-state index in [1.807, 2.05) is 26.0 Å². The summed E-state index contributed by atoms with van der Waals surface area (Å²) in [4.78, 5) is 12.8. The molecular formula is C14H18BrN3OS. The predicted octanol–water partition coefficient (Wildman–Crippen LogP) is 3.18. The Hall–Kier alpha value is -1.19. The number of amides is 1. The van der Waals surface area contributed by atoms with E-state index in [4.69, 9.17) is 11.0 Å². The van der Waals surface area contributed by atoms with Crippen LogP contribution in [0.25, 0.3) is 0 Å². The quantitative estimate of drug-likeness (QED) is 0.627. The largest absolute Gasteiger partial charge is 0.398 e. The van der Waals surface area contributed by atoms with Crippen molar-refractivity contribution in [1.82, 2.24) is 5.32 Å². The van der Waals surface area contributed by atoms with Gasteiger partial charge in [-0.1, -0.05) is 29.8 Å². The van der Waals surface area contributed by atoms with Crippen LogP contribution in [-0.2, 0) is 4.79 Å². The molecule has 0 radical (unpaired) electrons. The first-order valence-electron chi connectivity index (χ1n) is 6.18. The monoisotopic (exact) mass is 355 g/mol. The molecule has 1 atom stereocenters. The Labute approximate surface area is 132 Å². The van der Waals surface area contributed by atoms with Crippen LogP contribution in [0.1, 0.15) is 20.8 Å². The molecule has 20 heavy (non-hydrogen) atoms. The molecule has 1 aromatic carbocycles. The summed E-state index contributed by atoms with van der Waals surface area (Å²) in [7, 11) is 0. The second-order valence-corrected chi connectivity index (χ2v) is 6.92.